The van der Waals surface area contributed by atoms with Gasteiger partial charge in [-0.3, -0.25) is 0 Å². The van der Waals surface area contributed by atoms with Crippen LogP contribution in [0.15, 0.2) is 12.4 Å². The highest BCUT2D eigenvalue weighted by Crippen LogP contribution is 1.98. The second-order valence-electron chi connectivity index (χ2n) is 2.64. The molecule has 1 rings (SSSR count). The molecule has 0 bridgehead atoms. The van der Waals surface area contributed by atoms with Crippen LogP contribution >= 0.6 is 0 Å². The Balaban J connectivity index is 2.67. The first-order valence-electron chi connectivity index (χ1n) is 4.40. The van der Waals surface area contributed by atoms with E-state index in [1.165, 1.54) is 12.4 Å². The van der Waals surface area contributed by atoms with Crippen LogP contribution in [0.25, 0.3) is 0 Å². The summed E-state index contributed by atoms with van der Waals surface area (Å²) in [4.78, 5) is 19.2. The fourth-order valence-electron chi connectivity index (χ4n) is 0.924. The molecule has 1 aromatic rings. The van der Waals surface area contributed by atoms with Crippen LogP contribution in [0, 0.1) is 0 Å². The summed E-state index contributed by atoms with van der Waals surface area (Å²) in [7, 11) is 1.81. The Hall–Kier alpha value is -1.49. The van der Waals surface area contributed by atoms with Gasteiger partial charge in [0.2, 0.25) is 0 Å². The molecule has 14 heavy (non-hydrogen) atoms. The summed E-state index contributed by atoms with van der Waals surface area (Å²) in [6.45, 7) is 2.70. The van der Waals surface area contributed by atoms with E-state index < -0.39 is 0 Å². The van der Waals surface area contributed by atoms with Gasteiger partial charge in [-0.25, -0.2) is 14.8 Å². The van der Waals surface area contributed by atoms with Gasteiger partial charge in [0.15, 0.2) is 0 Å². The maximum absolute atomic E-state index is 11.2. The van der Waals surface area contributed by atoms with Crippen molar-refractivity contribution in [1.82, 2.24) is 15.3 Å². The van der Waals surface area contributed by atoms with Crippen molar-refractivity contribution in [3.63, 3.8) is 0 Å². The van der Waals surface area contributed by atoms with Gasteiger partial charge in [0.1, 0.15) is 5.82 Å². The van der Waals surface area contributed by atoms with E-state index in [2.05, 4.69) is 15.3 Å². The van der Waals surface area contributed by atoms with Crippen molar-refractivity contribution in [3.8, 4) is 0 Å². The van der Waals surface area contributed by atoms with E-state index >= 15 is 0 Å². The van der Waals surface area contributed by atoms with Crippen molar-refractivity contribution in [2.24, 2.45) is 0 Å². The number of carbonyl (C=O) groups is 1. The van der Waals surface area contributed by atoms with Gasteiger partial charge in [0, 0.05) is 12.4 Å². The molecule has 5 nitrogen and oxygen atoms in total. The van der Waals surface area contributed by atoms with Gasteiger partial charge in [-0.05, 0) is 14.0 Å². The second-order valence-corrected chi connectivity index (χ2v) is 2.64. The average molecular weight is 195 g/mol. The number of esters is 1. The molecule has 0 aromatic carbocycles. The van der Waals surface area contributed by atoms with E-state index in [0.717, 1.165) is 0 Å². The zero-order valence-corrected chi connectivity index (χ0v) is 8.28. The van der Waals surface area contributed by atoms with Gasteiger partial charge in [-0.15, -0.1) is 0 Å². The second kappa shape index (κ2) is 5.29. The summed E-state index contributed by atoms with van der Waals surface area (Å²) in [6, 6.07) is 0. The van der Waals surface area contributed by atoms with Crippen LogP contribution in [0.1, 0.15) is 23.1 Å². The first kappa shape index (κ1) is 10.6. The molecule has 0 aliphatic rings. The zero-order valence-electron chi connectivity index (χ0n) is 8.28. The van der Waals surface area contributed by atoms with Crippen molar-refractivity contribution >= 4 is 5.97 Å². The molecule has 0 radical (unpaired) electrons. The number of aromatic nitrogens is 2. The molecule has 0 aliphatic carbocycles. The third-order valence-corrected chi connectivity index (χ3v) is 1.55. The number of hydrogen-bond acceptors (Lipinski definition) is 5. The highest BCUT2D eigenvalue weighted by Gasteiger charge is 2.06. The standard InChI is InChI=1S/C9H13N3O2/c1-3-14-9(13)7-4-11-8(6-10-2)12-5-7/h4-5,10H,3,6H2,1-2H3. The molecule has 0 unspecified atom stereocenters. The molecular weight excluding hydrogens is 182 g/mol. The lowest BCUT2D eigenvalue weighted by molar-refractivity contribution is 0.0525. The number of nitrogens with one attached hydrogen (secondary N) is 1. The summed E-state index contributed by atoms with van der Waals surface area (Å²) in [6.07, 6.45) is 2.94. The predicted molar refractivity (Wildman–Crippen MR) is 50.8 cm³/mol. The van der Waals surface area contributed by atoms with Gasteiger partial charge in [0.25, 0.3) is 0 Å². The SMILES string of the molecule is CCOC(=O)c1cnc(CNC)nc1. The zero-order chi connectivity index (χ0) is 10.4. The molecule has 0 aliphatic heterocycles. The van der Waals surface area contributed by atoms with Gasteiger partial charge in [0.05, 0.1) is 18.7 Å². The number of ether oxygens (including phenoxy) is 1. The topological polar surface area (TPSA) is 64.1 Å². The quantitative estimate of drug-likeness (QED) is 0.703. The molecule has 1 aromatic heterocycles. The van der Waals surface area contributed by atoms with E-state index in [-0.39, 0.29) is 5.97 Å². The minimum Gasteiger partial charge on any atom is -0.462 e. The minimum atomic E-state index is -0.386. The van der Waals surface area contributed by atoms with E-state index in [1.807, 2.05) is 7.05 Å². The third-order valence-electron chi connectivity index (χ3n) is 1.55. The van der Waals surface area contributed by atoms with Crippen LogP contribution < -0.4 is 5.32 Å². The molecule has 0 amide bonds. The van der Waals surface area contributed by atoms with Crippen LogP contribution in [0.5, 0.6) is 0 Å². The fraction of sp³-hybridized carbons (Fsp3) is 0.444. The molecule has 0 fully saturated rings. The summed E-state index contributed by atoms with van der Waals surface area (Å²) in [5, 5.41) is 2.92. The number of rotatable bonds is 4. The van der Waals surface area contributed by atoms with Crippen LogP contribution in [-0.2, 0) is 11.3 Å². The van der Waals surface area contributed by atoms with Crippen molar-refractivity contribution in [2.75, 3.05) is 13.7 Å². The molecule has 0 spiro atoms. The highest BCUT2D eigenvalue weighted by atomic mass is 16.5. The Morgan fingerprint density at radius 2 is 2.14 bits per heavy atom. The molecule has 0 saturated carbocycles. The molecule has 5 heteroatoms. The first-order valence-corrected chi connectivity index (χ1v) is 4.40. The molecular formula is C9H13N3O2. The Kier molecular flexibility index (Phi) is 4.00. The number of hydrogen-bond donors (Lipinski definition) is 1. The Bertz CT molecular complexity index is 297. The molecule has 0 atom stereocenters. The van der Waals surface area contributed by atoms with Gasteiger partial charge < -0.3 is 10.1 Å². The summed E-state index contributed by atoms with van der Waals surface area (Å²) >= 11 is 0. The number of nitrogens with zero attached hydrogens (tertiary/aromatic N) is 2. The average Bonchev–Trinajstić information content (AvgIpc) is 2.20. The Morgan fingerprint density at radius 1 is 1.50 bits per heavy atom. The predicted octanol–water partition coefficient (Wildman–Crippen LogP) is 0.373. The van der Waals surface area contributed by atoms with Crippen molar-refractivity contribution < 1.29 is 9.53 Å². The Morgan fingerprint density at radius 3 is 2.64 bits per heavy atom. The largest absolute Gasteiger partial charge is 0.462 e. The lowest BCUT2D eigenvalue weighted by atomic mass is 10.3. The van der Waals surface area contributed by atoms with E-state index in [0.29, 0.717) is 24.5 Å². The summed E-state index contributed by atoms with van der Waals surface area (Å²) < 4.78 is 4.79. The normalized spacial score (nSPS) is 9.86. The van der Waals surface area contributed by atoms with Gasteiger partial charge in [-0.1, -0.05) is 0 Å². The van der Waals surface area contributed by atoms with Gasteiger partial charge in [-0.2, -0.15) is 0 Å². The lowest BCUT2D eigenvalue weighted by Crippen LogP contribution is -2.11. The number of carbonyl (C=O) groups excluding carboxylic acids is 1. The highest BCUT2D eigenvalue weighted by molar-refractivity contribution is 5.88. The van der Waals surface area contributed by atoms with Crippen molar-refractivity contribution in [2.45, 2.75) is 13.5 Å². The maximum atomic E-state index is 11.2. The minimum absolute atomic E-state index is 0.358. The fourth-order valence-corrected chi connectivity index (χ4v) is 0.924. The van der Waals surface area contributed by atoms with Gasteiger partial charge >= 0.3 is 5.97 Å². The summed E-state index contributed by atoms with van der Waals surface area (Å²) in [5.41, 5.74) is 0.381. The maximum Gasteiger partial charge on any atom is 0.341 e. The van der Waals surface area contributed by atoms with Crippen LogP contribution in [-0.4, -0.2) is 29.6 Å². The molecule has 1 N–H and O–H groups in total. The Labute approximate surface area is 82.5 Å². The summed E-state index contributed by atoms with van der Waals surface area (Å²) in [5.74, 6) is 0.268. The van der Waals surface area contributed by atoms with Crippen LogP contribution in [0.4, 0.5) is 0 Å². The van der Waals surface area contributed by atoms with E-state index in [1.54, 1.807) is 6.92 Å². The first-order chi connectivity index (χ1) is 6.77. The van der Waals surface area contributed by atoms with Crippen LogP contribution in [0.2, 0.25) is 0 Å². The lowest BCUT2D eigenvalue weighted by Gasteiger charge is -2.01. The third kappa shape index (κ3) is 2.77. The van der Waals surface area contributed by atoms with Crippen LogP contribution in [0.3, 0.4) is 0 Å². The molecule has 76 valence electrons. The smallest absolute Gasteiger partial charge is 0.341 e. The van der Waals surface area contributed by atoms with Crippen molar-refractivity contribution in [1.29, 1.82) is 0 Å². The molecule has 0 saturated heterocycles. The monoisotopic (exact) mass is 195 g/mol. The van der Waals surface area contributed by atoms with Crippen molar-refractivity contribution in [3.05, 3.63) is 23.8 Å². The van der Waals surface area contributed by atoms with E-state index in [4.69, 9.17) is 4.74 Å². The van der Waals surface area contributed by atoms with E-state index in [9.17, 15) is 4.79 Å². The molecule has 1 heterocycles.